The summed E-state index contributed by atoms with van der Waals surface area (Å²) in [6, 6.07) is 0.606. The molecule has 0 rings (SSSR count). The first-order valence-electron chi connectivity index (χ1n) is 4.60. The van der Waals surface area contributed by atoms with Gasteiger partial charge in [-0.2, -0.15) is 0 Å². The Labute approximate surface area is 80.8 Å². The van der Waals surface area contributed by atoms with Gasteiger partial charge in [0.25, 0.3) is 0 Å². The molecule has 0 aliphatic rings. The second kappa shape index (κ2) is 7.84. The lowest BCUT2D eigenvalue weighted by atomic mass is 10.3. The molecule has 0 saturated carbocycles. The molecule has 0 unspecified atom stereocenters. The Hall–Kier alpha value is 0.210. The fourth-order valence-corrected chi connectivity index (χ4v) is 1.23. The van der Waals surface area contributed by atoms with E-state index in [1.807, 2.05) is 0 Å². The summed E-state index contributed by atoms with van der Waals surface area (Å²) >= 11 is 5.47. The van der Waals surface area contributed by atoms with E-state index in [9.17, 15) is 0 Å². The molecule has 0 radical (unpaired) electrons. The van der Waals surface area contributed by atoms with E-state index in [0.717, 1.165) is 19.7 Å². The van der Waals surface area contributed by atoms with E-state index in [2.05, 4.69) is 25.7 Å². The molecular formula is C9H20ClNO. The van der Waals surface area contributed by atoms with E-state index >= 15 is 0 Å². The zero-order valence-corrected chi connectivity index (χ0v) is 9.10. The number of likely N-dealkylation sites (N-methyl/N-ethyl adjacent to an activating group) is 1. The summed E-state index contributed by atoms with van der Waals surface area (Å²) in [4.78, 5) is 2.37. The lowest BCUT2D eigenvalue weighted by Gasteiger charge is -2.24. The van der Waals surface area contributed by atoms with E-state index in [-0.39, 0.29) is 0 Å². The summed E-state index contributed by atoms with van der Waals surface area (Å²) in [6.07, 6.45) is 0. The number of nitrogens with zero attached hydrogens (tertiary/aromatic N) is 1. The summed E-state index contributed by atoms with van der Waals surface area (Å²) in [7, 11) is 0. The molecule has 0 N–H and O–H groups in total. The summed E-state index contributed by atoms with van der Waals surface area (Å²) < 4.78 is 5.29. The maximum absolute atomic E-state index is 5.47. The number of alkyl halides is 1. The lowest BCUT2D eigenvalue weighted by Crippen LogP contribution is -2.33. The van der Waals surface area contributed by atoms with Gasteiger partial charge in [-0.15, -0.1) is 11.6 Å². The van der Waals surface area contributed by atoms with Crippen LogP contribution in [-0.2, 0) is 4.74 Å². The molecule has 0 saturated heterocycles. The minimum atomic E-state index is 0.591. The number of hydrogen-bond acceptors (Lipinski definition) is 2. The SMILES string of the molecule is CCN(CCOCCCl)C(C)C. The quantitative estimate of drug-likeness (QED) is 0.453. The van der Waals surface area contributed by atoms with E-state index in [0.29, 0.717) is 18.5 Å². The molecule has 0 atom stereocenters. The van der Waals surface area contributed by atoms with Crippen molar-refractivity contribution in [1.29, 1.82) is 0 Å². The largest absolute Gasteiger partial charge is 0.379 e. The van der Waals surface area contributed by atoms with Crippen LogP contribution >= 0.6 is 11.6 Å². The standard InChI is InChI=1S/C9H20ClNO/c1-4-11(9(2)3)6-8-12-7-5-10/h9H,4-8H2,1-3H3. The van der Waals surface area contributed by atoms with E-state index in [4.69, 9.17) is 16.3 Å². The zero-order valence-electron chi connectivity index (χ0n) is 8.35. The van der Waals surface area contributed by atoms with Crippen LogP contribution in [0, 0.1) is 0 Å². The summed E-state index contributed by atoms with van der Waals surface area (Å²) in [5, 5.41) is 0. The highest BCUT2D eigenvalue weighted by Crippen LogP contribution is 1.96. The molecular weight excluding hydrogens is 174 g/mol. The van der Waals surface area contributed by atoms with E-state index < -0.39 is 0 Å². The second-order valence-electron chi connectivity index (χ2n) is 3.02. The summed E-state index contributed by atoms with van der Waals surface area (Å²) in [6.45, 7) is 10.1. The van der Waals surface area contributed by atoms with Gasteiger partial charge in [-0.25, -0.2) is 0 Å². The van der Waals surface area contributed by atoms with Crippen molar-refractivity contribution < 1.29 is 4.74 Å². The Kier molecular flexibility index (Phi) is 7.98. The summed E-state index contributed by atoms with van der Waals surface area (Å²) in [5.41, 5.74) is 0. The fraction of sp³-hybridized carbons (Fsp3) is 1.00. The van der Waals surface area contributed by atoms with Crippen molar-refractivity contribution in [2.45, 2.75) is 26.8 Å². The molecule has 12 heavy (non-hydrogen) atoms. The highest BCUT2D eigenvalue weighted by Gasteiger charge is 2.05. The van der Waals surface area contributed by atoms with Crippen LogP contribution in [0.25, 0.3) is 0 Å². The van der Waals surface area contributed by atoms with Crippen LogP contribution in [0.4, 0.5) is 0 Å². The summed E-state index contributed by atoms with van der Waals surface area (Å²) in [5.74, 6) is 0.591. The van der Waals surface area contributed by atoms with Crippen LogP contribution in [0.5, 0.6) is 0 Å². The molecule has 0 fully saturated rings. The van der Waals surface area contributed by atoms with Crippen molar-refractivity contribution in [1.82, 2.24) is 4.90 Å². The number of hydrogen-bond donors (Lipinski definition) is 0. The molecule has 0 amide bonds. The first kappa shape index (κ1) is 12.2. The van der Waals surface area contributed by atoms with Gasteiger partial charge in [0.15, 0.2) is 0 Å². The first-order valence-corrected chi connectivity index (χ1v) is 5.13. The minimum absolute atomic E-state index is 0.591. The van der Waals surface area contributed by atoms with Crippen LogP contribution in [0.1, 0.15) is 20.8 Å². The predicted octanol–water partition coefficient (Wildman–Crippen LogP) is 1.97. The predicted molar refractivity (Wildman–Crippen MR) is 53.9 cm³/mol. The van der Waals surface area contributed by atoms with Gasteiger partial charge in [0.1, 0.15) is 0 Å². The third-order valence-electron chi connectivity index (χ3n) is 1.88. The maximum atomic E-state index is 5.47. The van der Waals surface area contributed by atoms with Crippen molar-refractivity contribution in [3.05, 3.63) is 0 Å². The molecule has 0 bridgehead atoms. The Morgan fingerprint density at radius 2 is 2.00 bits per heavy atom. The molecule has 3 heteroatoms. The average molecular weight is 194 g/mol. The van der Waals surface area contributed by atoms with E-state index in [1.54, 1.807) is 0 Å². The van der Waals surface area contributed by atoms with Gasteiger partial charge >= 0.3 is 0 Å². The molecule has 0 aliphatic carbocycles. The van der Waals surface area contributed by atoms with Gasteiger partial charge in [0.05, 0.1) is 13.2 Å². The Morgan fingerprint density at radius 3 is 2.42 bits per heavy atom. The topological polar surface area (TPSA) is 12.5 Å². The van der Waals surface area contributed by atoms with Crippen molar-refractivity contribution >= 4 is 11.6 Å². The number of ether oxygens (including phenoxy) is 1. The van der Waals surface area contributed by atoms with Crippen molar-refractivity contribution in [3.63, 3.8) is 0 Å². The van der Waals surface area contributed by atoms with Crippen LogP contribution in [-0.4, -0.2) is 43.1 Å². The van der Waals surface area contributed by atoms with Crippen LogP contribution in [0.2, 0.25) is 0 Å². The van der Waals surface area contributed by atoms with Gasteiger partial charge in [0.2, 0.25) is 0 Å². The fourth-order valence-electron chi connectivity index (χ4n) is 1.12. The van der Waals surface area contributed by atoms with Crippen LogP contribution < -0.4 is 0 Å². The van der Waals surface area contributed by atoms with Crippen LogP contribution in [0.3, 0.4) is 0 Å². The van der Waals surface area contributed by atoms with E-state index in [1.165, 1.54) is 0 Å². The van der Waals surface area contributed by atoms with Gasteiger partial charge < -0.3 is 4.74 Å². The molecule has 0 aromatic carbocycles. The van der Waals surface area contributed by atoms with Gasteiger partial charge in [-0.05, 0) is 20.4 Å². The van der Waals surface area contributed by atoms with Crippen molar-refractivity contribution in [3.8, 4) is 0 Å². The highest BCUT2D eigenvalue weighted by atomic mass is 35.5. The normalized spacial score (nSPS) is 11.5. The maximum Gasteiger partial charge on any atom is 0.0602 e. The van der Waals surface area contributed by atoms with Crippen molar-refractivity contribution in [2.24, 2.45) is 0 Å². The van der Waals surface area contributed by atoms with Gasteiger partial charge in [-0.3, -0.25) is 4.90 Å². The third kappa shape index (κ3) is 5.81. The molecule has 0 aromatic heterocycles. The molecule has 0 aromatic rings. The van der Waals surface area contributed by atoms with Crippen LogP contribution in [0.15, 0.2) is 0 Å². The number of rotatable bonds is 7. The highest BCUT2D eigenvalue weighted by molar-refractivity contribution is 6.17. The van der Waals surface area contributed by atoms with Gasteiger partial charge in [0, 0.05) is 18.5 Å². The Bertz CT molecular complexity index is 98.5. The average Bonchev–Trinajstić information content (AvgIpc) is 2.04. The third-order valence-corrected chi connectivity index (χ3v) is 2.04. The lowest BCUT2D eigenvalue weighted by molar-refractivity contribution is 0.105. The Balaban J connectivity index is 3.32. The van der Waals surface area contributed by atoms with Gasteiger partial charge in [-0.1, -0.05) is 6.92 Å². The molecule has 74 valence electrons. The molecule has 2 nitrogen and oxygen atoms in total. The first-order chi connectivity index (χ1) is 5.72. The second-order valence-corrected chi connectivity index (χ2v) is 3.40. The smallest absolute Gasteiger partial charge is 0.0602 e. The zero-order chi connectivity index (χ0) is 9.40. The molecule has 0 aliphatic heterocycles. The van der Waals surface area contributed by atoms with Crippen molar-refractivity contribution in [2.75, 3.05) is 32.2 Å². The minimum Gasteiger partial charge on any atom is -0.379 e. The monoisotopic (exact) mass is 193 g/mol. The molecule has 0 spiro atoms. The number of halogens is 1. The Morgan fingerprint density at radius 1 is 1.33 bits per heavy atom. The molecule has 0 heterocycles.